The van der Waals surface area contributed by atoms with Crippen molar-refractivity contribution in [2.75, 3.05) is 11.5 Å². The number of carbonyl (C=O) groups excluding carboxylic acids is 1. The Morgan fingerprint density at radius 3 is 2.43 bits per heavy atom. The second kappa shape index (κ2) is 12.1. The SMILES string of the molecule is CC(CCCC(=O)NO)SCCC1C2CCC(O2)C1CCSC1CCCCC1. The molecule has 1 amide bonds. The number of rotatable bonds is 12. The highest BCUT2D eigenvalue weighted by molar-refractivity contribution is 8.00. The van der Waals surface area contributed by atoms with Gasteiger partial charge in [0.1, 0.15) is 0 Å². The van der Waals surface area contributed by atoms with E-state index in [-0.39, 0.29) is 5.91 Å². The quantitative estimate of drug-likeness (QED) is 0.320. The number of ether oxygens (including phenoxy) is 1. The number of hydrogen-bond donors (Lipinski definition) is 2. The van der Waals surface area contributed by atoms with Crippen molar-refractivity contribution in [2.24, 2.45) is 11.8 Å². The molecule has 0 spiro atoms. The third-order valence-corrected chi connectivity index (χ3v) is 9.63. The number of fused-ring (bicyclic) bond motifs is 2. The summed E-state index contributed by atoms with van der Waals surface area (Å²) in [7, 11) is 0. The molecule has 2 heterocycles. The fourth-order valence-electron chi connectivity index (χ4n) is 5.37. The summed E-state index contributed by atoms with van der Waals surface area (Å²) >= 11 is 4.29. The number of thioether (sulfide) groups is 2. The van der Waals surface area contributed by atoms with E-state index in [9.17, 15) is 4.79 Å². The highest BCUT2D eigenvalue weighted by Crippen LogP contribution is 2.47. The Bertz CT molecular complexity index is 473. The van der Waals surface area contributed by atoms with Crippen molar-refractivity contribution in [3.05, 3.63) is 0 Å². The molecular formula is C22H39NO3S2. The maximum atomic E-state index is 11.1. The Balaban J connectivity index is 1.33. The highest BCUT2D eigenvalue weighted by atomic mass is 32.2. The molecule has 0 aromatic heterocycles. The fraction of sp³-hybridized carbons (Fsp3) is 0.955. The average Bonchev–Trinajstić information content (AvgIpc) is 3.31. The van der Waals surface area contributed by atoms with Crippen LogP contribution in [0.1, 0.15) is 84.0 Å². The van der Waals surface area contributed by atoms with E-state index in [0.717, 1.165) is 29.9 Å². The molecule has 3 fully saturated rings. The molecule has 2 N–H and O–H groups in total. The van der Waals surface area contributed by atoms with E-state index in [1.807, 2.05) is 11.8 Å². The number of hydroxylamine groups is 1. The van der Waals surface area contributed by atoms with Gasteiger partial charge in [-0.05, 0) is 74.7 Å². The van der Waals surface area contributed by atoms with Gasteiger partial charge in [0, 0.05) is 16.9 Å². The van der Waals surface area contributed by atoms with Crippen LogP contribution in [-0.4, -0.2) is 45.3 Å². The van der Waals surface area contributed by atoms with E-state index in [0.29, 0.717) is 23.9 Å². The highest BCUT2D eigenvalue weighted by Gasteiger charge is 2.47. The van der Waals surface area contributed by atoms with Crippen molar-refractivity contribution in [1.29, 1.82) is 0 Å². The van der Waals surface area contributed by atoms with Gasteiger partial charge in [-0.15, -0.1) is 0 Å². The van der Waals surface area contributed by atoms with E-state index < -0.39 is 0 Å². The topological polar surface area (TPSA) is 58.6 Å². The normalized spacial score (nSPS) is 31.2. The van der Waals surface area contributed by atoms with Crippen LogP contribution in [0.5, 0.6) is 0 Å². The maximum absolute atomic E-state index is 11.1. The van der Waals surface area contributed by atoms with Crippen LogP contribution in [0.4, 0.5) is 0 Å². The van der Waals surface area contributed by atoms with Crippen LogP contribution in [0.15, 0.2) is 0 Å². The van der Waals surface area contributed by atoms with E-state index in [4.69, 9.17) is 9.94 Å². The smallest absolute Gasteiger partial charge is 0.243 e. The predicted molar refractivity (Wildman–Crippen MR) is 119 cm³/mol. The van der Waals surface area contributed by atoms with Crippen LogP contribution < -0.4 is 5.48 Å². The third-order valence-electron chi connectivity index (χ3n) is 6.94. The van der Waals surface area contributed by atoms with Gasteiger partial charge in [0.25, 0.3) is 0 Å². The molecule has 2 saturated heterocycles. The zero-order chi connectivity index (χ0) is 19.8. The first kappa shape index (κ1) is 22.8. The molecule has 0 aromatic rings. The molecule has 162 valence electrons. The molecule has 5 atom stereocenters. The lowest BCUT2D eigenvalue weighted by molar-refractivity contribution is -0.129. The van der Waals surface area contributed by atoms with Gasteiger partial charge in [-0.25, -0.2) is 5.48 Å². The van der Waals surface area contributed by atoms with Crippen molar-refractivity contribution in [2.45, 2.75) is 107 Å². The molecular weight excluding hydrogens is 390 g/mol. The van der Waals surface area contributed by atoms with E-state index in [1.54, 1.807) is 5.48 Å². The van der Waals surface area contributed by atoms with Crippen LogP contribution in [0, 0.1) is 11.8 Å². The minimum absolute atomic E-state index is 0.273. The summed E-state index contributed by atoms with van der Waals surface area (Å²) in [6, 6.07) is 0. The number of hydrogen-bond acceptors (Lipinski definition) is 5. The zero-order valence-corrected chi connectivity index (χ0v) is 19.1. The van der Waals surface area contributed by atoms with Crippen molar-refractivity contribution in [3.63, 3.8) is 0 Å². The Morgan fingerprint density at radius 1 is 1.07 bits per heavy atom. The number of carbonyl (C=O) groups is 1. The maximum Gasteiger partial charge on any atom is 0.243 e. The Labute approximate surface area is 179 Å². The molecule has 2 bridgehead atoms. The minimum Gasteiger partial charge on any atom is -0.374 e. The first-order chi connectivity index (χ1) is 13.7. The molecule has 4 nitrogen and oxygen atoms in total. The number of nitrogens with one attached hydrogen (secondary N) is 1. The van der Waals surface area contributed by atoms with E-state index in [2.05, 4.69) is 18.7 Å². The first-order valence-electron chi connectivity index (χ1n) is 11.5. The van der Waals surface area contributed by atoms with Gasteiger partial charge in [0.05, 0.1) is 12.2 Å². The zero-order valence-electron chi connectivity index (χ0n) is 17.4. The van der Waals surface area contributed by atoms with Gasteiger partial charge in [0.15, 0.2) is 0 Å². The standard InChI is InChI=1S/C22H39NO3S2/c1-16(6-5-9-22(24)23-25)27-14-12-18-19(21-11-10-20(18)26-21)13-15-28-17-7-3-2-4-8-17/h16-21,25H,2-15H2,1H3,(H,23,24). The van der Waals surface area contributed by atoms with Gasteiger partial charge in [-0.2, -0.15) is 23.5 Å². The molecule has 1 saturated carbocycles. The minimum atomic E-state index is -0.273. The van der Waals surface area contributed by atoms with Crippen molar-refractivity contribution in [1.82, 2.24) is 5.48 Å². The second-order valence-electron chi connectivity index (χ2n) is 8.93. The summed E-state index contributed by atoms with van der Waals surface area (Å²) in [5.74, 6) is 3.82. The third kappa shape index (κ3) is 6.82. The molecule has 2 aliphatic heterocycles. The van der Waals surface area contributed by atoms with Crippen LogP contribution in [-0.2, 0) is 9.53 Å². The van der Waals surface area contributed by atoms with Crippen molar-refractivity contribution >= 4 is 29.4 Å². The van der Waals surface area contributed by atoms with Crippen molar-refractivity contribution < 1.29 is 14.7 Å². The monoisotopic (exact) mass is 429 g/mol. The largest absolute Gasteiger partial charge is 0.374 e. The molecule has 0 aromatic carbocycles. The average molecular weight is 430 g/mol. The molecule has 1 aliphatic carbocycles. The Hall–Kier alpha value is 0.0900. The molecule has 3 aliphatic rings. The lowest BCUT2D eigenvalue weighted by atomic mass is 9.76. The summed E-state index contributed by atoms with van der Waals surface area (Å²) in [5.41, 5.74) is 1.72. The van der Waals surface area contributed by atoms with Crippen LogP contribution in [0.2, 0.25) is 0 Å². The first-order valence-corrected chi connectivity index (χ1v) is 13.6. The molecule has 5 unspecified atom stereocenters. The Morgan fingerprint density at radius 2 is 1.75 bits per heavy atom. The van der Waals surface area contributed by atoms with E-state index in [1.165, 1.54) is 69.3 Å². The van der Waals surface area contributed by atoms with E-state index >= 15 is 0 Å². The van der Waals surface area contributed by atoms with Crippen LogP contribution >= 0.6 is 23.5 Å². The van der Waals surface area contributed by atoms with Gasteiger partial charge < -0.3 is 4.74 Å². The lowest BCUT2D eigenvalue weighted by Gasteiger charge is -2.29. The summed E-state index contributed by atoms with van der Waals surface area (Å²) in [6.45, 7) is 2.26. The van der Waals surface area contributed by atoms with Crippen molar-refractivity contribution in [3.8, 4) is 0 Å². The second-order valence-corrected chi connectivity index (χ2v) is 11.9. The molecule has 3 rings (SSSR count). The van der Waals surface area contributed by atoms with Crippen LogP contribution in [0.25, 0.3) is 0 Å². The van der Waals surface area contributed by atoms with Gasteiger partial charge in [-0.3, -0.25) is 10.0 Å². The summed E-state index contributed by atoms with van der Waals surface area (Å²) in [5, 5.41) is 10.1. The Kier molecular flexibility index (Phi) is 9.81. The van der Waals surface area contributed by atoms with Gasteiger partial charge >= 0.3 is 0 Å². The fourth-order valence-corrected chi connectivity index (χ4v) is 7.92. The predicted octanol–water partition coefficient (Wildman–Crippen LogP) is 5.42. The molecule has 6 heteroatoms. The van der Waals surface area contributed by atoms with Gasteiger partial charge in [-0.1, -0.05) is 26.2 Å². The van der Waals surface area contributed by atoms with Crippen LogP contribution in [0.3, 0.4) is 0 Å². The summed E-state index contributed by atoms with van der Waals surface area (Å²) in [4.78, 5) is 11.1. The lowest BCUT2D eigenvalue weighted by Crippen LogP contribution is -2.28. The molecule has 28 heavy (non-hydrogen) atoms. The summed E-state index contributed by atoms with van der Waals surface area (Å²) in [6.07, 6.45) is 15.8. The molecule has 0 radical (unpaired) electrons. The summed E-state index contributed by atoms with van der Waals surface area (Å²) < 4.78 is 6.31. The number of amides is 1. The van der Waals surface area contributed by atoms with Gasteiger partial charge in [0.2, 0.25) is 5.91 Å².